The molecule has 0 radical (unpaired) electrons. The monoisotopic (exact) mass is 220 g/mol. The molecule has 5 heteroatoms. The number of hydrogen-bond acceptors (Lipinski definition) is 3. The average molecular weight is 220 g/mol. The zero-order valence-electron chi connectivity index (χ0n) is 8.78. The number of rotatable bonds is 4. The standard InChI is InChI=1S/C9H20N2O2S/c1-9-3-6-11(7-4-9)5-2-8-14(10,12)13/h9H,2-8H2,1H3,(H2,10,12,13). The largest absolute Gasteiger partial charge is 0.303 e. The fourth-order valence-electron chi connectivity index (χ4n) is 1.78. The Morgan fingerprint density at radius 2 is 1.93 bits per heavy atom. The van der Waals surface area contributed by atoms with Crippen molar-refractivity contribution in [2.45, 2.75) is 26.2 Å². The molecule has 0 atom stereocenters. The topological polar surface area (TPSA) is 63.4 Å². The minimum atomic E-state index is -3.26. The van der Waals surface area contributed by atoms with Crippen molar-refractivity contribution in [2.75, 3.05) is 25.4 Å². The van der Waals surface area contributed by atoms with Gasteiger partial charge in [-0.25, -0.2) is 13.6 Å². The summed E-state index contributed by atoms with van der Waals surface area (Å²) in [6.45, 7) is 5.34. The number of primary sulfonamides is 1. The second kappa shape index (κ2) is 5.09. The van der Waals surface area contributed by atoms with Crippen LogP contribution in [0.15, 0.2) is 0 Å². The van der Waals surface area contributed by atoms with Gasteiger partial charge in [0.05, 0.1) is 5.75 Å². The first-order valence-electron chi connectivity index (χ1n) is 5.20. The van der Waals surface area contributed by atoms with Gasteiger partial charge < -0.3 is 4.90 Å². The molecule has 14 heavy (non-hydrogen) atoms. The molecule has 0 unspecified atom stereocenters. The van der Waals surface area contributed by atoms with E-state index in [9.17, 15) is 8.42 Å². The number of hydrogen-bond donors (Lipinski definition) is 1. The molecule has 0 spiro atoms. The number of nitrogens with zero attached hydrogens (tertiary/aromatic N) is 1. The summed E-state index contributed by atoms with van der Waals surface area (Å²) in [5.74, 6) is 0.934. The molecule has 1 aliphatic heterocycles. The fraction of sp³-hybridized carbons (Fsp3) is 1.00. The summed E-state index contributed by atoms with van der Waals surface area (Å²) in [6, 6.07) is 0. The van der Waals surface area contributed by atoms with Gasteiger partial charge in [0.25, 0.3) is 0 Å². The number of sulfonamides is 1. The Bertz CT molecular complexity index is 256. The lowest BCUT2D eigenvalue weighted by Crippen LogP contribution is -2.34. The highest BCUT2D eigenvalue weighted by Crippen LogP contribution is 2.15. The van der Waals surface area contributed by atoms with E-state index >= 15 is 0 Å². The Balaban J connectivity index is 2.14. The summed E-state index contributed by atoms with van der Waals surface area (Å²) in [4.78, 5) is 2.32. The van der Waals surface area contributed by atoms with Crippen molar-refractivity contribution >= 4 is 10.0 Å². The van der Waals surface area contributed by atoms with E-state index in [-0.39, 0.29) is 5.75 Å². The summed E-state index contributed by atoms with van der Waals surface area (Å²) in [5.41, 5.74) is 0. The van der Waals surface area contributed by atoms with Gasteiger partial charge in [0.2, 0.25) is 10.0 Å². The van der Waals surface area contributed by atoms with E-state index < -0.39 is 10.0 Å². The minimum Gasteiger partial charge on any atom is -0.303 e. The van der Waals surface area contributed by atoms with Crippen LogP contribution in [-0.4, -0.2) is 38.7 Å². The summed E-state index contributed by atoms with van der Waals surface area (Å²) >= 11 is 0. The molecular formula is C9H20N2O2S. The van der Waals surface area contributed by atoms with Crippen LogP contribution in [-0.2, 0) is 10.0 Å². The second-order valence-corrected chi connectivity index (χ2v) is 5.98. The van der Waals surface area contributed by atoms with Gasteiger partial charge in [-0.3, -0.25) is 0 Å². The summed E-state index contributed by atoms with van der Waals surface area (Å²) in [5, 5.41) is 4.93. The zero-order chi connectivity index (χ0) is 10.6. The lowest BCUT2D eigenvalue weighted by Gasteiger charge is -2.29. The zero-order valence-corrected chi connectivity index (χ0v) is 9.59. The Labute approximate surface area is 86.5 Å². The van der Waals surface area contributed by atoms with Crippen LogP contribution in [0.2, 0.25) is 0 Å². The smallest absolute Gasteiger partial charge is 0.209 e. The van der Waals surface area contributed by atoms with E-state index in [2.05, 4.69) is 11.8 Å². The van der Waals surface area contributed by atoms with E-state index in [0.29, 0.717) is 6.42 Å². The molecule has 1 rings (SSSR count). The third kappa shape index (κ3) is 4.93. The van der Waals surface area contributed by atoms with Gasteiger partial charge >= 0.3 is 0 Å². The molecule has 1 saturated heterocycles. The van der Waals surface area contributed by atoms with Gasteiger partial charge in [-0.15, -0.1) is 0 Å². The van der Waals surface area contributed by atoms with Gasteiger partial charge in [-0.1, -0.05) is 6.92 Å². The summed E-state index contributed by atoms with van der Waals surface area (Å²) in [7, 11) is -3.26. The van der Waals surface area contributed by atoms with Crippen molar-refractivity contribution in [3.8, 4) is 0 Å². The molecule has 0 aromatic carbocycles. The highest BCUT2D eigenvalue weighted by molar-refractivity contribution is 7.89. The van der Waals surface area contributed by atoms with Gasteiger partial charge in [-0.2, -0.15) is 0 Å². The molecule has 1 heterocycles. The molecular weight excluding hydrogens is 200 g/mol. The SMILES string of the molecule is CC1CCN(CCCS(N)(=O)=O)CC1. The van der Waals surface area contributed by atoms with Gasteiger partial charge in [-0.05, 0) is 44.8 Å². The van der Waals surface area contributed by atoms with Crippen LogP contribution in [0.3, 0.4) is 0 Å². The van der Waals surface area contributed by atoms with Crippen LogP contribution in [0, 0.1) is 5.92 Å². The lowest BCUT2D eigenvalue weighted by atomic mass is 9.99. The summed E-state index contributed by atoms with van der Waals surface area (Å²) < 4.78 is 21.4. The molecule has 1 aliphatic rings. The predicted octanol–water partition coefficient (Wildman–Crippen LogP) is 0.397. The normalized spacial score (nSPS) is 21.3. The Morgan fingerprint density at radius 3 is 2.43 bits per heavy atom. The van der Waals surface area contributed by atoms with Crippen LogP contribution >= 0.6 is 0 Å². The molecule has 0 aromatic rings. The maximum Gasteiger partial charge on any atom is 0.209 e. The van der Waals surface area contributed by atoms with E-state index in [1.165, 1.54) is 12.8 Å². The van der Waals surface area contributed by atoms with Crippen molar-refractivity contribution in [2.24, 2.45) is 11.1 Å². The molecule has 0 bridgehead atoms. The van der Waals surface area contributed by atoms with Crippen molar-refractivity contribution in [3.63, 3.8) is 0 Å². The Kier molecular flexibility index (Phi) is 4.34. The number of nitrogens with two attached hydrogens (primary N) is 1. The minimum absolute atomic E-state index is 0.110. The third-order valence-electron chi connectivity index (χ3n) is 2.78. The van der Waals surface area contributed by atoms with Gasteiger partial charge in [0.15, 0.2) is 0 Å². The van der Waals surface area contributed by atoms with E-state index in [4.69, 9.17) is 5.14 Å². The third-order valence-corrected chi connectivity index (χ3v) is 3.64. The first-order valence-corrected chi connectivity index (χ1v) is 6.92. The molecule has 0 amide bonds. The molecule has 0 aromatic heterocycles. The van der Waals surface area contributed by atoms with E-state index in [1.54, 1.807) is 0 Å². The Hall–Kier alpha value is -0.130. The Morgan fingerprint density at radius 1 is 1.36 bits per heavy atom. The van der Waals surface area contributed by atoms with Crippen molar-refractivity contribution in [1.82, 2.24) is 4.90 Å². The van der Waals surface area contributed by atoms with Crippen molar-refractivity contribution in [1.29, 1.82) is 0 Å². The van der Waals surface area contributed by atoms with E-state index in [1.807, 2.05) is 0 Å². The van der Waals surface area contributed by atoms with Crippen LogP contribution in [0.4, 0.5) is 0 Å². The highest BCUT2D eigenvalue weighted by atomic mass is 32.2. The van der Waals surface area contributed by atoms with Crippen LogP contribution in [0.5, 0.6) is 0 Å². The van der Waals surface area contributed by atoms with Gasteiger partial charge in [0, 0.05) is 0 Å². The summed E-state index contributed by atoms with van der Waals surface area (Å²) in [6.07, 6.45) is 3.12. The average Bonchev–Trinajstić information content (AvgIpc) is 2.06. The van der Waals surface area contributed by atoms with E-state index in [0.717, 1.165) is 25.6 Å². The van der Waals surface area contributed by atoms with Crippen molar-refractivity contribution in [3.05, 3.63) is 0 Å². The number of likely N-dealkylation sites (tertiary alicyclic amines) is 1. The molecule has 84 valence electrons. The maximum atomic E-state index is 10.7. The van der Waals surface area contributed by atoms with Crippen molar-refractivity contribution < 1.29 is 8.42 Å². The lowest BCUT2D eigenvalue weighted by molar-refractivity contribution is 0.193. The van der Waals surface area contributed by atoms with Crippen LogP contribution in [0.25, 0.3) is 0 Å². The maximum absolute atomic E-state index is 10.7. The van der Waals surface area contributed by atoms with Crippen LogP contribution in [0.1, 0.15) is 26.2 Å². The molecule has 1 fully saturated rings. The first kappa shape index (κ1) is 11.9. The second-order valence-electron chi connectivity index (χ2n) is 4.24. The first-order chi connectivity index (χ1) is 6.47. The fourth-order valence-corrected chi connectivity index (χ4v) is 2.31. The van der Waals surface area contributed by atoms with Crippen LogP contribution < -0.4 is 5.14 Å². The number of piperidine rings is 1. The molecule has 2 N–H and O–H groups in total. The van der Waals surface area contributed by atoms with Gasteiger partial charge in [0.1, 0.15) is 0 Å². The molecule has 4 nitrogen and oxygen atoms in total. The molecule has 0 saturated carbocycles. The highest BCUT2D eigenvalue weighted by Gasteiger charge is 2.15. The predicted molar refractivity (Wildman–Crippen MR) is 57.4 cm³/mol. The molecule has 0 aliphatic carbocycles. The quantitative estimate of drug-likeness (QED) is 0.746.